The molecule has 0 atom stereocenters. The molecule has 2 aromatic rings. The summed E-state index contributed by atoms with van der Waals surface area (Å²) < 4.78 is 27.6. The number of anilines is 2. The van der Waals surface area contributed by atoms with Gasteiger partial charge in [-0.25, -0.2) is 8.78 Å². The van der Waals surface area contributed by atoms with Gasteiger partial charge in [-0.1, -0.05) is 6.07 Å². The average molecular weight is 350 g/mol. The van der Waals surface area contributed by atoms with Gasteiger partial charge in [0.2, 0.25) is 5.91 Å². The van der Waals surface area contributed by atoms with Gasteiger partial charge in [0, 0.05) is 23.4 Å². The second-order valence-corrected chi connectivity index (χ2v) is 6.01. The molecule has 0 heterocycles. The van der Waals surface area contributed by atoms with Crippen LogP contribution in [0.2, 0.25) is 0 Å². The van der Waals surface area contributed by atoms with Gasteiger partial charge in [-0.3, -0.25) is 9.59 Å². The first-order valence-corrected chi connectivity index (χ1v) is 8.27. The number of thioether (sulfide) groups is 1. The van der Waals surface area contributed by atoms with Gasteiger partial charge < -0.3 is 10.6 Å². The lowest BCUT2D eigenvalue weighted by Crippen LogP contribution is -2.16. The molecule has 0 aliphatic carbocycles. The molecule has 0 aliphatic rings. The molecule has 0 spiro atoms. The smallest absolute Gasteiger partial charge is 0.256 e. The first-order chi connectivity index (χ1) is 11.3. The van der Waals surface area contributed by atoms with E-state index in [2.05, 4.69) is 10.6 Å². The fraction of sp³-hybridized carbons (Fsp3) is 0.176. The maximum Gasteiger partial charge on any atom is 0.256 e. The molecule has 0 unspecified atom stereocenters. The largest absolute Gasteiger partial charge is 0.324 e. The van der Waals surface area contributed by atoms with Crippen molar-refractivity contribution in [2.24, 2.45) is 0 Å². The number of benzene rings is 2. The normalized spacial score (nSPS) is 10.4. The Morgan fingerprint density at radius 2 is 1.62 bits per heavy atom. The highest BCUT2D eigenvalue weighted by Gasteiger charge is 2.16. The molecule has 0 radical (unpaired) electrons. The number of rotatable bonds is 4. The van der Waals surface area contributed by atoms with Crippen molar-refractivity contribution in [1.29, 1.82) is 0 Å². The molecular formula is C17H16F2N2O2S. The van der Waals surface area contributed by atoms with Crippen LogP contribution in [0.3, 0.4) is 0 Å². The summed E-state index contributed by atoms with van der Waals surface area (Å²) in [7, 11) is 0. The van der Waals surface area contributed by atoms with Crippen molar-refractivity contribution in [3.8, 4) is 0 Å². The molecule has 0 saturated carbocycles. The van der Waals surface area contributed by atoms with Gasteiger partial charge in [-0.15, -0.1) is 11.8 Å². The number of aryl methyl sites for hydroxylation is 1. The van der Waals surface area contributed by atoms with E-state index in [4.69, 9.17) is 0 Å². The van der Waals surface area contributed by atoms with Crippen molar-refractivity contribution >= 4 is 35.0 Å². The Morgan fingerprint density at radius 1 is 1.00 bits per heavy atom. The van der Waals surface area contributed by atoms with E-state index in [1.165, 1.54) is 18.7 Å². The average Bonchev–Trinajstić information content (AvgIpc) is 2.52. The van der Waals surface area contributed by atoms with Crippen LogP contribution < -0.4 is 10.6 Å². The maximum absolute atomic E-state index is 13.9. The zero-order valence-electron chi connectivity index (χ0n) is 13.4. The minimum absolute atomic E-state index is 0.200. The molecule has 2 aromatic carbocycles. The number of hydrogen-bond donors (Lipinski definition) is 2. The van der Waals surface area contributed by atoms with E-state index >= 15 is 0 Å². The summed E-state index contributed by atoms with van der Waals surface area (Å²) >= 11 is 1.48. The molecule has 0 fully saturated rings. The highest BCUT2D eigenvalue weighted by atomic mass is 32.2. The van der Waals surface area contributed by atoms with E-state index in [1.54, 1.807) is 19.1 Å². The van der Waals surface area contributed by atoms with E-state index in [1.807, 2.05) is 12.3 Å². The van der Waals surface area contributed by atoms with E-state index in [-0.39, 0.29) is 11.4 Å². The number of halogens is 2. The lowest BCUT2D eigenvalue weighted by atomic mass is 10.1. The summed E-state index contributed by atoms with van der Waals surface area (Å²) in [6, 6.07) is 7.05. The fourth-order valence-electron chi connectivity index (χ4n) is 2.09. The van der Waals surface area contributed by atoms with E-state index in [0.29, 0.717) is 11.6 Å². The Bertz CT molecular complexity index is 809. The highest BCUT2D eigenvalue weighted by molar-refractivity contribution is 7.98. The molecular weight excluding hydrogens is 334 g/mol. The van der Waals surface area contributed by atoms with Crippen LogP contribution in [0, 0.1) is 18.6 Å². The monoisotopic (exact) mass is 350 g/mol. The van der Waals surface area contributed by atoms with Gasteiger partial charge in [-0.05, 0) is 36.9 Å². The standard InChI is InChI=1S/C17H16F2N2O2S/c1-9-4-5-11(24-3)6-12(9)17(23)21-16-8-15(20-10(2)22)13(18)7-14(16)19/h4-8H,1-3H3,(H,20,22)(H,21,23). The predicted octanol–water partition coefficient (Wildman–Crippen LogP) is 4.21. The van der Waals surface area contributed by atoms with Gasteiger partial charge in [0.15, 0.2) is 0 Å². The third kappa shape index (κ3) is 4.11. The Morgan fingerprint density at radius 3 is 2.21 bits per heavy atom. The molecule has 0 aromatic heterocycles. The van der Waals surface area contributed by atoms with E-state index in [0.717, 1.165) is 16.5 Å². The van der Waals surface area contributed by atoms with Crippen molar-refractivity contribution in [3.63, 3.8) is 0 Å². The first-order valence-electron chi connectivity index (χ1n) is 7.04. The minimum atomic E-state index is -0.923. The van der Waals surface area contributed by atoms with Crippen LogP contribution in [-0.4, -0.2) is 18.1 Å². The molecule has 126 valence electrons. The van der Waals surface area contributed by atoms with Gasteiger partial charge in [0.05, 0.1) is 11.4 Å². The molecule has 0 bridgehead atoms. The molecule has 2 N–H and O–H groups in total. The summed E-state index contributed by atoms with van der Waals surface area (Å²) in [6.45, 7) is 2.97. The SMILES string of the molecule is CSc1ccc(C)c(C(=O)Nc2cc(NC(C)=O)c(F)cc2F)c1. The summed E-state index contributed by atoms with van der Waals surface area (Å²) in [4.78, 5) is 24.4. The first kappa shape index (κ1) is 17.9. The van der Waals surface area contributed by atoms with Crippen LogP contribution in [-0.2, 0) is 4.79 Å². The Hall–Kier alpha value is -2.41. The highest BCUT2D eigenvalue weighted by Crippen LogP contribution is 2.25. The third-order valence-corrected chi connectivity index (χ3v) is 4.03. The van der Waals surface area contributed by atoms with Gasteiger partial charge >= 0.3 is 0 Å². The molecule has 7 heteroatoms. The number of hydrogen-bond acceptors (Lipinski definition) is 3. The number of nitrogens with one attached hydrogen (secondary N) is 2. The van der Waals surface area contributed by atoms with Crippen LogP contribution in [0.25, 0.3) is 0 Å². The van der Waals surface area contributed by atoms with Gasteiger partial charge in [0.1, 0.15) is 11.6 Å². The van der Waals surface area contributed by atoms with Crippen molar-refractivity contribution < 1.29 is 18.4 Å². The van der Waals surface area contributed by atoms with E-state index in [9.17, 15) is 18.4 Å². The number of amides is 2. The van der Waals surface area contributed by atoms with Gasteiger partial charge in [0.25, 0.3) is 5.91 Å². The van der Waals surface area contributed by atoms with Crippen molar-refractivity contribution in [1.82, 2.24) is 0 Å². The van der Waals surface area contributed by atoms with E-state index < -0.39 is 23.4 Å². The fourth-order valence-corrected chi connectivity index (χ4v) is 2.53. The van der Waals surface area contributed by atoms with Crippen LogP contribution in [0.5, 0.6) is 0 Å². The summed E-state index contributed by atoms with van der Waals surface area (Å²) in [6.07, 6.45) is 1.88. The quantitative estimate of drug-likeness (QED) is 0.812. The molecule has 24 heavy (non-hydrogen) atoms. The lowest BCUT2D eigenvalue weighted by Gasteiger charge is -2.12. The van der Waals surface area contributed by atoms with Crippen LogP contribution in [0.1, 0.15) is 22.8 Å². The van der Waals surface area contributed by atoms with Crippen molar-refractivity contribution in [3.05, 3.63) is 53.1 Å². The molecule has 0 aliphatic heterocycles. The predicted molar refractivity (Wildman–Crippen MR) is 91.6 cm³/mol. The van der Waals surface area contributed by atoms with Crippen LogP contribution in [0.4, 0.5) is 20.2 Å². The summed E-state index contributed by atoms with van der Waals surface area (Å²) in [5, 5.41) is 4.67. The molecule has 2 rings (SSSR count). The second kappa shape index (κ2) is 7.44. The Labute approximate surface area is 142 Å². The van der Waals surface area contributed by atoms with Crippen LogP contribution >= 0.6 is 11.8 Å². The van der Waals surface area contributed by atoms with Crippen molar-refractivity contribution in [2.75, 3.05) is 16.9 Å². The second-order valence-electron chi connectivity index (χ2n) is 5.13. The molecule has 4 nitrogen and oxygen atoms in total. The number of carbonyl (C=O) groups is 2. The third-order valence-electron chi connectivity index (χ3n) is 3.30. The van der Waals surface area contributed by atoms with Crippen molar-refractivity contribution in [2.45, 2.75) is 18.7 Å². The summed E-state index contributed by atoms with van der Waals surface area (Å²) in [5.41, 5.74) is 0.717. The lowest BCUT2D eigenvalue weighted by molar-refractivity contribution is -0.114. The minimum Gasteiger partial charge on any atom is -0.324 e. The summed E-state index contributed by atoms with van der Waals surface area (Å²) in [5.74, 6) is -2.85. The Kier molecular flexibility index (Phi) is 5.56. The maximum atomic E-state index is 13.9. The van der Waals surface area contributed by atoms with Gasteiger partial charge in [-0.2, -0.15) is 0 Å². The zero-order valence-corrected chi connectivity index (χ0v) is 14.2. The Balaban J connectivity index is 2.33. The zero-order chi connectivity index (χ0) is 17.9. The topological polar surface area (TPSA) is 58.2 Å². The molecule has 0 saturated heterocycles. The van der Waals surface area contributed by atoms with Crippen LogP contribution in [0.15, 0.2) is 35.2 Å². The molecule has 2 amide bonds. The number of carbonyl (C=O) groups excluding carboxylic acids is 2.